The number of fused-ring (bicyclic) bond motifs is 1. The van der Waals surface area contributed by atoms with Crippen molar-refractivity contribution < 1.29 is 9.59 Å². The lowest BCUT2D eigenvalue weighted by atomic mass is 10.1. The Morgan fingerprint density at radius 1 is 0.935 bits per heavy atom. The number of thioether (sulfide) groups is 1. The normalized spacial score (nSPS) is 20.8. The molecule has 1 saturated heterocycles. The van der Waals surface area contributed by atoms with Gasteiger partial charge in [0, 0.05) is 19.3 Å². The summed E-state index contributed by atoms with van der Waals surface area (Å²) in [5, 5.41) is 0.849. The highest BCUT2D eigenvalue weighted by Gasteiger charge is 2.51. The van der Waals surface area contributed by atoms with Crippen molar-refractivity contribution in [2.75, 3.05) is 12.8 Å². The van der Waals surface area contributed by atoms with Crippen LogP contribution >= 0.6 is 11.8 Å². The van der Waals surface area contributed by atoms with Crippen molar-refractivity contribution in [3.8, 4) is 0 Å². The van der Waals surface area contributed by atoms with Crippen LogP contribution < -0.4 is 0 Å². The molecule has 1 fully saturated rings. The smallest absolute Gasteiger partial charge is 0.328 e. The molecule has 0 saturated carbocycles. The van der Waals surface area contributed by atoms with E-state index in [4.69, 9.17) is 4.99 Å². The molecule has 2 unspecified atom stereocenters. The van der Waals surface area contributed by atoms with Crippen molar-refractivity contribution in [3.63, 3.8) is 0 Å². The first-order chi connectivity index (χ1) is 15.1. The Morgan fingerprint density at radius 2 is 1.55 bits per heavy atom. The second kappa shape index (κ2) is 9.56. The summed E-state index contributed by atoms with van der Waals surface area (Å²) in [7, 11) is 1.74. The Hall–Kier alpha value is -2.80. The number of carbonyl (C=O) groups is 2. The summed E-state index contributed by atoms with van der Waals surface area (Å²) >= 11 is 1.68. The van der Waals surface area contributed by atoms with Gasteiger partial charge in [-0.25, -0.2) is 9.79 Å². The molecule has 2 heterocycles. The molecular formula is C24H28N4O2S. The predicted molar refractivity (Wildman–Crippen MR) is 125 cm³/mol. The van der Waals surface area contributed by atoms with Crippen LogP contribution in [0.2, 0.25) is 0 Å². The van der Waals surface area contributed by atoms with Crippen molar-refractivity contribution >= 4 is 28.9 Å². The first-order valence-corrected chi connectivity index (χ1v) is 11.7. The van der Waals surface area contributed by atoms with Crippen LogP contribution in [0.5, 0.6) is 0 Å². The minimum atomic E-state index is -0.504. The average molecular weight is 437 g/mol. The number of imide groups is 1. The van der Waals surface area contributed by atoms with Gasteiger partial charge in [0.25, 0.3) is 5.91 Å². The molecule has 31 heavy (non-hydrogen) atoms. The zero-order valence-corrected chi connectivity index (χ0v) is 18.8. The van der Waals surface area contributed by atoms with E-state index in [2.05, 4.69) is 24.0 Å². The van der Waals surface area contributed by atoms with E-state index in [9.17, 15) is 9.59 Å². The maximum Gasteiger partial charge on any atom is 0.328 e. The van der Waals surface area contributed by atoms with E-state index in [0.717, 1.165) is 34.9 Å². The Morgan fingerprint density at radius 3 is 2.16 bits per heavy atom. The fourth-order valence-corrected chi connectivity index (χ4v) is 5.08. The number of hydrogen-bond donors (Lipinski definition) is 0. The van der Waals surface area contributed by atoms with Crippen molar-refractivity contribution in [2.45, 2.75) is 45.1 Å². The lowest BCUT2D eigenvalue weighted by Crippen LogP contribution is -2.64. The van der Waals surface area contributed by atoms with Gasteiger partial charge in [0.2, 0.25) is 0 Å². The molecule has 0 bridgehead atoms. The highest BCUT2D eigenvalue weighted by atomic mass is 32.2. The quantitative estimate of drug-likeness (QED) is 0.611. The molecule has 0 N–H and O–H groups in total. The van der Waals surface area contributed by atoms with Gasteiger partial charge in [-0.05, 0) is 17.5 Å². The van der Waals surface area contributed by atoms with E-state index in [-0.39, 0.29) is 18.5 Å². The number of amides is 3. The first kappa shape index (κ1) is 21.4. The summed E-state index contributed by atoms with van der Waals surface area (Å²) in [6.07, 6.45) is 1.70. The zero-order valence-electron chi connectivity index (χ0n) is 18.0. The summed E-state index contributed by atoms with van der Waals surface area (Å²) in [4.78, 5) is 36.6. The van der Waals surface area contributed by atoms with E-state index in [1.54, 1.807) is 23.7 Å². The molecule has 0 spiro atoms. The van der Waals surface area contributed by atoms with Gasteiger partial charge in [-0.3, -0.25) is 9.69 Å². The van der Waals surface area contributed by atoms with Gasteiger partial charge in [0.05, 0.1) is 6.54 Å². The van der Waals surface area contributed by atoms with Crippen LogP contribution in [0.1, 0.15) is 30.9 Å². The number of unbranched alkanes of at least 4 members (excludes halogenated alkanes) is 1. The summed E-state index contributed by atoms with van der Waals surface area (Å²) in [5.74, 6) is 0.766. The van der Waals surface area contributed by atoms with Crippen molar-refractivity contribution in [3.05, 3.63) is 71.8 Å². The molecule has 162 valence electrons. The Labute approximate surface area is 187 Å². The highest BCUT2D eigenvalue weighted by Crippen LogP contribution is 2.33. The fraction of sp³-hybridized carbons (Fsp3) is 0.375. The Balaban J connectivity index is 1.62. The van der Waals surface area contributed by atoms with Gasteiger partial charge in [0.1, 0.15) is 0 Å². The summed E-state index contributed by atoms with van der Waals surface area (Å²) in [5.41, 5.74) is 2.05. The standard InChI is InChI=1S/C24H28N4O2S/c1-3-4-15-31-23-25-21-20(27(23)16-18-11-7-5-8-12-18)22(29)28(24(30)26(21)2)17-19-13-9-6-10-14-19/h5-14,20-21H,3-4,15-17H2,1-2H3. The molecule has 4 rings (SSSR count). The van der Waals surface area contributed by atoms with Gasteiger partial charge in [0.15, 0.2) is 17.4 Å². The number of nitrogens with zero attached hydrogens (tertiary/aromatic N) is 4. The lowest BCUT2D eigenvalue weighted by molar-refractivity contribution is -0.138. The molecule has 2 aromatic rings. The first-order valence-electron chi connectivity index (χ1n) is 10.7. The van der Waals surface area contributed by atoms with Gasteiger partial charge in [-0.2, -0.15) is 0 Å². The maximum absolute atomic E-state index is 13.6. The fourth-order valence-electron chi connectivity index (χ4n) is 3.94. The molecule has 2 aliphatic heterocycles. The minimum absolute atomic E-state index is 0.178. The van der Waals surface area contributed by atoms with Gasteiger partial charge < -0.3 is 9.80 Å². The van der Waals surface area contributed by atoms with Crippen LogP contribution in [0.15, 0.2) is 65.7 Å². The molecule has 7 heteroatoms. The molecule has 2 aromatic carbocycles. The molecular weight excluding hydrogens is 408 g/mol. The molecule has 6 nitrogen and oxygen atoms in total. The third kappa shape index (κ3) is 4.46. The Kier molecular flexibility index (Phi) is 6.61. The van der Waals surface area contributed by atoms with E-state index in [1.165, 1.54) is 4.90 Å². The van der Waals surface area contributed by atoms with Gasteiger partial charge >= 0.3 is 6.03 Å². The lowest BCUT2D eigenvalue weighted by Gasteiger charge is -2.41. The van der Waals surface area contributed by atoms with Crippen molar-refractivity contribution in [2.24, 2.45) is 4.99 Å². The largest absolute Gasteiger partial charge is 0.331 e. The van der Waals surface area contributed by atoms with Crippen LogP contribution in [0, 0.1) is 0 Å². The summed E-state index contributed by atoms with van der Waals surface area (Å²) < 4.78 is 0. The van der Waals surface area contributed by atoms with E-state index >= 15 is 0 Å². The summed E-state index contributed by atoms with van der Waals surface area (Å²) in [6, 6.07) is 19.0. The van der Waals surface area contributed by atoms with E-state index in [0.29, 0.717) is 6.54 Å². The zero-order chi connectivity index (χ0) is 21.8. The van der Waals surface area contributed by atoms with Crippen LogP contribution in [-0.2, 0) is 17.9 Å². The summed E-state index contributed by atoms with van der Waals surface area (Å²) in [6.45, 7) is 3.02. The van der Waals surface area contributed by atoms with Crippen molar-refractivity contribution in [1.29, 1.82) is 0 Å². The van der Waals surface area contributed by atoms with Gasteiger partial charge in [-0.15, -0.1) is 0 Å². The third-order valence-corrected chi connectivity index (χ3v) is 6.75. The second-order valence-electron chi connectivity index (χ2n) is 7.89. The van der Waals surface area contributed by atoms with Crippen LogP contribution in [0.4, 0.5) is 4.79 Å². The number of amidine groups is 1. The number of urea groups is 1. The van der Waals surface area contributed by atoms with Crippen LogP contribution in [-0.4, -0.2) is 56.8 Å². The highest BCUT2D eigenvalue weighted by molar-refractivity contribution is 8.13. The monoisotopic (exact) mass is 436 g/mol. The topological polar surface area (TPSA) is 56.2 Å². The predicted octanol–water partition coefficient (Wildman–Crippen LogP) is 4.18. The number of rotatable bonds is 7. The number of aliphatic imine (C=N–C) groups is 1. The molecule has 0 aliphatic carbocycles. The molecule has 0 aromatic heterocycles. The average Bonchev–Trinajstić information content (AvgIpc) is 3.15. The molecule has 2 atom stereocenters. The number of likely N-dealkylation sites (N-methyl/N-ethyl adjacent to an activating group) is 1. The van der Waals surface area contributed by atoms with Crippen LogP contribution in [0.3, 0.4) is 0 Å². The molecule has 2 aliphatic rings. The van der Waals surface area contributed by atoms with E-state index < -0.39 is 12.2 Å². The van der Waals surface area contributed by atoms with Crippen molar-refractivity contribution in [1.82, 2.24) is 14.7 Å². The molecule has 0 radical (unpaired) electrons. The number of carbonyl (C=O) groups excluding carboxylic acids is 2. The second-order valence-corrected chi connectivity index (χ2v) is 8.95. The minimum Gasteiger partial charge on any atom is -0.331 e. The maximum atomic E-state index is 13.6. The number of benzene rings is 2. The van der Waals surface area contributed by atoms with E-state index in [1.807, 2.05) is 48.5 Å². The van der Waals surface area contributed by atoms with Gasteiger partial charge in [-0.1, -0.05) is 85.8 Å². The Bertz CT molecular complexity index is 951. The third-order valence-electron chi connectivity index (χ3n) is 5.66. The SMILES string of the molecule is CCCCSC1=NC2C(C(=O)N(Cc3ccccc3)C(=O)N2C)N1Cc1ccccc1. The van der Waals surface area contributed by atoms with Crippen LogP contribution in [0.25, 0.3) is 0 Å². The number of hydrogen-bond acceptors (Lipinski definition) is 5. The molecule has 3 amide bonds.